The van der Waals surface area contributed by atoms with Crippen LogP contribution in [-0.2, 0) is 4.79 Å². The summed E-state index contributed by atoms with van der Waals surface area (Å²) in [6, 6.07) is 7.46. The van der Waals surface area contributed by atoms with Crippen molar-refractivity contribution in [3.63, 3.8) is 0 Å². The van der Waals surface area contributed by atoms with Crippen LogP contribution in [-0.4, -0.2) is 16.1 Å². The number of halogens is 1. The maximum Gasteiger partial charge on any atom is 0.224 e. The maximum atomic E-state index is 12.3. The van der Waals surface area contributed by atoms with Gasteiger partial charge in [-0.2, -0.15) is 5.10 Å². The molecule has 2 aromatic rings. The predicted molar refractivity (Wildman–Crippen MR) is 89.0 cm³/mol. The van der Waals surface area contributed by atoms with Crippen molar-refractivity contribution in [2.45, 2.75) is 39.0 Å². The molecule has 2 N–H and O–H groups in total. The minimum atomic E-state index is 0.0756. The zero-order valence-electron chi connectivity index (χ0n) is 12.7. The lowest BCUT2D eigenvalue weighted by Crippen LogP contribution is -2.15. The van der Waals surface area contributed by atoms with Crippen molar-refractivity contribution in [3.8, 4) is 11.3 Å². The SMILES string of the molecule is Cc1[nH]nc(-c2ccc(Cl)cc2)c1NC(=O)CC1CCCC1. The number of hydrogen-bond acceptors (Lipinski definition) is 2. The van der Waals surface area contributed by atoms with Crippen molar-refractivity contribution < 1.29 is 4.79 Å². The number of nitrogens with zero attached hydrogens (tertiary/aromatic N) is 1. The van der Waals surface area contributed by atoms with Crippen LogP contribution in [0.4, 0.5) is 5.69 Å². The third-order valence-corrected chi connectivity index (χ3v) is 4.53. The van der Waals surface area contributed by atoms with E-state index in [0.29, 0.717) is 17.4 Å². The molecule has 116 valence electrons. The van der Waals surface area contributed by atoms with E-state index in [4.69, 9.17) is 11.6 Å². The normalized spacial score (nSPS) is 15.2. The summed E-state index contributed by atoms with van der Waals surface area (Å²) in [6.07, 6.45) is 5.44. The molecule has 22 heavy (non-hydrogen) atoms. The summed E-state index contributed by atoms with van der Waals surface area (Å²) in [7, 11) is 0. The molecule has 1 heterocycles. The number of anilines is 1. The molecule has 5 heteroatoms. The first-order valence-electron chi connectivity index (χ1n) is 7.74. The molecule has 0 radical (unpaired) electrons. The molecule has 1 aliphatic rings. The van der Waals surface area contributed by atoms with E-state index in [2.05, 4.69) is 15.5 Å². The Morgan fingerprint density at radius 3 is 2.68 bits per heavy atom. The van der Waals surface area contributed by atoms with Crippen LogP contribution >= 0.6 is 11.6 Å². The quantitative estimate of drug-likeness (QED) is 0.868. The first kappa shape index (κ1) is 15.1. The van der Waals surface area contributed by atoms with E-state index in [1.807, 2.05) is 31.2 Å². The van der Waals surface area contributed by atoms with E-state index in [9.17, 15) is 4.79 Å². The van der Waals surface area contributed by atoms with Crippen molar-refractivity contribution >= 4 is 23.2 Å². The molecule has 0 bridgehead atoms. The highest BCUT2D eigenvalue weighted by Crippen LogP contribution is 2.31. The molecule has 0 spiro atoms. The molecule has 1 saturated carbocycles. The Morgan fingerprint density at radius 1 is 1.32 bits per heavy atom. The van der Waals surface area contributed by atoms with Gasteiger partial charge in [-0.1, -0.05) is 36.6 Å². The molecule has 0 saturated heterocycles. The number of H-pyrrole nitrogens is 1. The highest BCUT2D eigenvalue weighted by atomic mass is 35.5. The predicted octanol–water partition coefficient (Wildman–Crippen LogP) is 4.56. The third-order valence-electron chi connectivity index (χ3n) is 4.28. The number of carbonyl (C=O) groups is 1. The van der Waals surface area contributed by atoms with Crippen molar-refractivity contribution in [1.29, 1.82) is 0 Å². The largest absolute Gasteiger partial charge is 0.323 e. The summed E-state index contributed by atoms with van der Waals surface area (Å²) in [4.78, 5) is 12.3. The van der Waals surface area contributed by atoms with Gasteiger partial charge in [0.05, 0.1) is 11.4 Å². The Labute approximate surface area is 135 Å². The first-order valence-corrected chi connectivity index (χ1v) is 8.12. The number of aromatic nitrogens is 2. The third kappa shape index (κ3) is 3.33. The number of nitrogens with one attached hydrogen (secondary N) is 2. The zero-order chi connectivity index (χ0) is 15.5. The second kappa shape index (κ2) is 6.53. The van der Waals surface area contributed by atoms with Gasteiger partial charge in [0.15, 0.2) is 0 Å². The Kier molecular flexibility index (Phi) is 4.48. The van der Waals surface area contributed by atoms with Crippen molar-refractivity contribution in [1.82, 2.24) is 10.2 Å². The highest BCUT2D eigenvalue weighted by molar-refractivity contribution is 6.30. The van der Waals surface area contributed by atoms with Crippen LogP contribution in [0.25, 0.3) is 11.3 Å². The van der Waals surface area contributed by atoms with Crippen LogP contribution in [0.5, 0.6) is 0 Å². The van der Waals surface area contributed by atoms with Crippen molar-refractivity contribution in [2.24, 2.45) is 5.92 Å². The van der Waals surface area contributed by atoms with Crippen molar-refractivity contribution in [2.75, 3.05) is 5.32 Å². The average Bonchev–Trinajstić information content (AvgIpc) is 3.11. The summed E-state index contributed by atoms with van der Waals surface area (Å²) in [5.74, 6) is 0.609. The lowest BCUT2D eigenvalue weighted by molar-refractivity contribution is -0.117. The number of benzene rings is 1. The van der Waals surface area contributed by atoms with Crippen LogP contribution in [0.1, 0.15) is 37.8 Å². The lowest BCUT2D eigenvalue weighted by Gasteiger charge is -2.10. The summed E-state index contributed by atoms with van der Waals surface area (Å²) in [5, 5.41) is 11.0. The van der Waals surface area contributed by atoms with Crippen LogP contribution < -0.4 is 5.32 Å². The van der Waals surface area contributed by atoms with Crippen LogP contribution in [0.3, 0.4) is 0 Å². The number of rotatable bonds is 4. The van der Waals surface area contributed by atoms with Gasteiger partial charge in [-0.3, -0.25) is 9.89 Å². The molecule has 0 atom stereocenters. The average molecular weight is 318 g/mol. The molecular weight excluding hydrogens is 298 g/mol. The molecular formula is C17H20ClN3O. The van der Waals surface area contributed by atoms with E-state index < -0.39 is 0 Å². The smallest absolute Gasteiger partial charge is 0.224 e. The molecule has 0 aliphatic heterocycles. The second-order valence-electron chi connectivity index (χ2n) is 5.98. The van der Waals surface area contributed by atoms with Gasteiger partial charge in [0.25, 0.3) is 0 Å². The van der Waals surface area contributed by atoms with Gasteiger partial charge in [0.1, 0.15) is 5.69 Å². The monoisotopic (exact) mass is 317 g/mol. The summed E-state index contributed by atoms with van der Waals surface area (Å²) in [6.45, 7) is 1.91. The molecule has 1 aliphatic carbocycles. The molecule has 4 nitrogen and oxygen atoms in total. The van der Waals surface area contributed by atoms with Gasteiger partial charge in [-0.05, 0) is 37.8 Å². The van der Waals surface area contributed by atoms with E-state index in [0.717, 1.165) is 22.6 Å². The van der Waals surface area contributed by atoms with Crippen LogP contribution in [0.2, 0.25) is 5.02 Å². The van der Waals surface area contributed by atoms with Gasteiger partial charge in [-0.25, -0.2) is 0 Å². The molecule has 1 fully saturated rings. The zero-order valence-corrected chi connectivity index (χ0v) is 13.4. The minimum Gasteiger partial charge on any atom is -0.323 e. The van der Waals surface area contributed by atoms with Crippen LogP contribution in [0, 0.1) is 12.8 Å². The number of aryl methyl sites for hydroxylation is 1. The number of carbonyl (C=O) groups excluding carboxylic acids is 1. The highest BCUT2D eigenvalue weighted by Gasteiger charge is 2.20. The minimum absolute atomic E-state index is 0.0756. The fourth-order valence-corrected chi connectivity index (χ4v) is 3.19. The fraction of sp³-hybridized carbons (Fsp3) is 0.412. The van der Waals surface area contributed by atoms with Gasteiger partial charge in [-0.15, -0.1) is 0 Å². The van der Waals surface area contributed by atoms with Gasteiger partial charge in [0, 0.05) is 17.0 Å². The second-order valence-corrected chi connectivity index (χ2v) is 6.42. The number of aromatic amines is 1. The maximum absolute atomic E-state index is 12.3. The van der Waals surface area contributed by atoms with Gasteiger partial charge < -0.3 is 5.32 Å². The number of hydrogen-bond donors (Lipinski definition) is 2. The topological polar surface area (TPSA) is 57.8 Å². The molecule has 1 aromatic heterocycles. The Bertz CT molecular complexity index is 657. The Balaban J connectivity index is 1.77. The summed E-state index contributed by atoms with van der Waals surface area (Å²) >= 11 is 5.93. The molecule has 1 aromatic carbocycles. The molecule has 3 rings (SSSR count). The molecule has 1 amide bonds. The van der Waals surface area contributed by atoms with E-state index in [1.54, 1.807) is 0 Å². The Hall–Kier alpha value is -1.81. The van der Waals surface area contributed by atoms with Gasteiger partial charge in [0.2, 0.25) is 5.91 Å². The van der Waals surface area contributed by atoms with Gasteiger partial charge >= 0.3 is 0 Å². The summed E-state index contributed by atoms with van der Waals surface area (Å²) in [5.41, 5.74) is 3.33. The first-order chi connectivity index (χ1) is 10.6. The lowest BCUT2D eigenvalue weighted by atomic mass is 10.0. The van der Waals surface area contributed by atoms with Crippen LogP contribution in [0.15, 0.2) is 24.3 Å². The Morgan fingerprint density at radius 2 is 2.00 bits per heavy atom. The van der Waals surface area contributed by atoms with Crippen molar-refractivity contribution in [3.05, 3.63) is 35.0 Å². The standard InChI is InChI=1S/C17H20ClN3O/c1-11-16(19-15(22)10-12-4-2-3-5-12)17(21-20-11)13-6-8-14(18)9-7-13/h6-9,12H,2-5,10H2,1H3,(H,19,22)(H,20,21). The fourth-order valence-electron chi connectivity index (χ4n) is 3.07. The summed E-state index contributed by atoms with van der Waals surface area (Å²) < 4.78 is 0. The number of amides is 1. The van der Waals surface area contributed by atoms with E-state index >= 15 is 0 Å². The molecule has 0 unspecified atom stereocenters. The van der Waals surface area contributed by atoms with E-state index in [1.165, 1.54) is 25.7 Å². The van der Waals surface area contributed by atoms with E-state index in [-0.39, 0.29) is 5.91 Å².